The van der Waals surface area contributed by atoms with Crippen molar-refractivity contribution in [1.82, 2.24) is 14.4 Å². The summed E-state index contributed by atoms with van der Waals surface area (Å²) in [5.41, 5.74) is 1.27. The number of ketones is 1. The number of Topliss-reactive ketones (excluding diaryl/α,β-unsaturated/α-hetero) is 1. The third kappa shape index (κ3) is 4.16. The fourth-order valence-corrected chi connectivity index (χ4v) is 5.07. The number of benzene rings is 2. The van der Waals surface area contributed by atoms with E-state index in [4.69, 9.17) is 16.1 Å². The van der Waals surface area contributed by atoms with Crippen LogP contribution < -0.4 is 0 Å². The van der Waals surface area contributed by atoms with Gasteiger partial charge in [0, 0.05) is 35.2 Å². The Labute approximate surface area is 179 Å². The molecule has 1 saturated heterocycles. The zero-order valence-electron chi connectivity index (χ0n) is 16.3. The lowest BCUT2D eigenvalue weighted by Crippen LogP contribution is -2.38. The summed E-state index contributed by atoms with van der Waals surface area (Å²) in [6.07, 6.45) is 1.20. The quantitative estimate of drug-likeness (QED) is 0.547. The second kappa shape index (κ2) is 8.29. The Morgan fingerprint density at radius 1 is 1.07 bits per heavy atom. The molecule has 0 amide bonds. The van der Waals surface area contributed by atoms with Crippen LogP contribution in [0.4, 0.5) is 0 Å². The van der Waals surface area contributed by atoms with Gasteiger partial charge >= 0.3 is 0 Å². The molecule has 2 heterocycles. The van der Waals surface area contributed by atoms with Crippen molar-refractivity contribution >= 4 is 27.4 Å². The molecule has 1 fully saturated rings. The van der Waals surface area contributed by atoms with Crippen LogP contribution in [0.5, 0.6) is 0 Å². The molecule has 1 aromatic heterocycles. The zero-order chi connectivity index (χ0) is 21.3. The Kier molecular flexibility index (Phi) is 5.73. The van der Waals surface area contributed by atoms with Gasteiger partial charge in [-0.05, 0) is 56.2 Å². The number of aromatic nitrogens is 2. The first-order valence-corrected chi connectivity index (χ1v) is 11.4. The first-order chi connectivity index (χ1) is 14.3. The lowest BCUT2D eigenvalue weighted by molar-refractivity contribution is 0.101. The predicted octanol–water partition coefficient (Wildman–Crippen LogP) is 4.16. The number of hydrogen-bond acceptors (Lipinski definition) is 6. The highest BCUT2D eigenvalue weighted by molar-refractivity contribution is 7.89. The average Bonchev–Trinajstić information content (AvgIpc) is 3.25. The highest BCUT2D eigenvalue weighted by Crippen LogP contribution is 2.31. The highest BCUT2D eigenvalue weighted by atomic mass is 35.5. The summed E-state index contributed by atoms with van der Waals surface area (Å²) in [7, 11) is -3.61. The summed E-state index contributed by atoms with van der Waals surface area (Å²) in [6.45, 7) is 2.18. The maximum absolute atomic E-state index is 12.9. The monoisotopic (exact) mass is 445 g/mol. The average molecular weight is 446 g/mol. The summed E-state index contributed by atoms with van der Waals surface area (Å²) in [5, 5.41) is 4.72. The predicted molar refractivity (Wildman–Crippen MR) is 112 cm³/mol. The SMILES string of the molecule is CC(=O)c1ccc(S(=O)(=O)N2CCC(c3noc(-c4ccc(Cl)cc4)n3)CC2)cc1. The number of sulfonamides is 1. The molecular weight excluding hydrogens is 426 g/mol. The number of carbonyl (C=O) groups excluding carboxylic acids is 1. The fraction of sp³-hybridized carbons (Fsp3) is 0.286. The largest absolute Gasteiger partial charge is 0.334 e. The molecule has 4 rings (SSSR count). The molecule has 0 saturated carbocycles. The molecule has 0 N–H and O–H groups in total. The normalized spacial score (nSPS) is 15.9. The van der Waals surface area contributed by atoms with Gasteiger partial charge in [0.25, 0.3) is 5.89 Å². The van der Waals surface area contributed by atoms with Gasteiger partial charge in [0.05, 0.1) is 4.90 Å². The van der Waals surface area contributed by atoms with E-state index in [9.17, 15) is 13.2 Å². The molecule has 0 unspecified atom stereocenters. The van der Waals surface area contributed by atoms with Gasteiger partial charge < -0.3 is 4.52 Å². The van der Waals surface area contributed by atoms with E-state index in [0.29, 0.717) is 48.2 Å². The molecule has 1 aliphatic heterocycles. The van der Waals surface area contributed by atoms with Gasteiger partial charge in [0.15, 0.2) is 11.6 Å². The van der Waals surface area contributed by atoms with E-state index in [-0.39, 0.29) is 16.6 Å². The summed E-state index contributed by atoms with van der Waals surface area (Å²) >= 11 is 5.91. The molecular formula is C21H20ClN3O4S. The second-order valence-corrected chi connectivity index (χ2v) is 9.60. The summed E-state index contributed by atoms with van der Waals surface area (Å²) in [4.78, 5) is 16.1. The highest BCUT2D eigenvalue weighted by Gasteiger charge is 2.32. The Balaban J connectivity index is 1.43. The number of halogens is 1. The topological polar surface area (TPSA) is 93.4 Å². The smallest absolute Gasteiger partial charge is 0.257 e. The van der Waals surface area contributed by atoms with Gasteiger partial charge in [-0.25, -0.2) is 8.42 Å². The van der Waals surface area contributed by atoms with Crippen molar-refractivity contribution in [2.45, 2.75) is 30.6 Å². The number of nitrogens with zero attached hydrogens (tertiary/aromatic N) is 3. The molecule has 0 aliphatic carbocycles. The van der Waals surface area contributed by atoms with Gasteiger partial charge in [0.1, 0.15) is 0 Å². The van der Waals surface area contributed by atoms with Gasteiger partial charge in [-0.3, -0.25) is 4.79 Å². The lowest BCUT2D eigenvalue weighted by atomic mass is 9.97. The van der Waals surface area contributed by atoms with Crippen LogP contribution >= 0.6 is 11.6 Å². The van der Waals surface area contributed by atoms with E-state index in [1.54, 1.807) is 24.3 Å². The first kappa shape index (κ1) is 20.7. The maximum Gasteiger partial charge on any atom is 0.257 e. The van der Waals surface area contributed by atoms with Crippen LogP contribution in [0.1, 0.15) is 41.9 Å². The molecule has 1 aliphatic rings. The minimum Gasteiger partial charge on any atom is -0.334 e. The van der Waals surface area contributed by atoms with Crippen molar-refractivity contribution < 1.29 is 17.7 Å². The van der Waals surface area contributed by atoms with E-state index in [2.05, 4.69) is 10.1 Å². The summed E-state index contributed by atoms with van der Waals surface area (Å²) < 4.78 is 32.7. The minimum absolute atomic E-state index is 0.0290. The first-order valence-electron chi connectivity index (χ1n) is 9.55. The van der Waals surface area contributed by atoms with E-state index < -0.39 is 10.0 Å². The van der Waals surface area contributed by atoms with E-state index >= 15 is 0 Å². The van der Waals surface area contributed by atoms with Gasteiger partial charge in [0.2, 0.25) is 10.0 Å². The molecule has 0 bridgehead atoms. The van der Waals surface area contributed by atoms with Crippen LogP contribution in [0.15, 0.2) is 57.9 Å². The minimum atomic E-state index is -3.61. The van der Waals surface area contributed by atoms with Gasteiger partial charge in [-0.1, -0.05) is 28.9 Å². The molecule has 30 heavy (non-hydrogen) atoms. The Morgan fingerprint density at radius 3 is 2.30 bits per heavy atom. The molecule has 9 heteroatoms. The third-order valence-electron chi connectivity index (χ3n) is 5.25. The van der Waals surface area contributed by atoms with Crippen molar-refractivity contribution in [3.05, 3.63) is 64.9 Å². The number of hydrogen-bond donors (Lipinski definition) is 0. The van der Waals surface area contributed by atoms with E-state index in [0.717, 1.165) is 5.56 Å². The Morgan fingerprint density at radius 2 is 1.70 bits per heavy atom. The summed E-state index contributed by atoms with van der Waals surface area (Å²) in [6, 6.07) is 13.2. The van der Waals surface area contributed by atoms with Crippen molar-refractivity contribution in [3.8, 4) is 11.5 Å². The van der Waals surface area contributed by atoms with Crippen LogP contribution in [-0.2, 0) is 10.0 Å². The van der Waals surface area contributed by atoms with Gasteiger partial charge in [-0.15, -0.1) is 0 Å². The van der Waals surface area contributed by atoms with Crippen molar-refractivity contribution in [2.24, 2.45) is 0 Å². The van der Waals surface area contributed by atoms with Gasteiger partial charge in [-0.2, -0.15) is 9.29 Å². The standard InChI is InChI=1S/C21H20ClN3O4S/c1-14(26)15-4-8-19(9-5-15)30(27,28)25-12-10-16(11-13-25)20-23-21(29-24-20)17-2-6-18(22)7-3-17/h2-9,16H,10-13H2,1H3. The third-order valence-corrected chi connectivity index (χ3v) is 7.42. The maximum atomic E-state index is 12.9. The van der Waals surface area contributed by atoms with E-state index in [1.165, 1.54) is 23.4 Å². The Hall–Kier alpha value is -2.55. The van der Waals surface area contributed by atoms with Crippen molar-refractivity contribution in [3.63, 3.8) is 0 Å². The van der Waals surface area contributed by atoms with E-state index in [1.807, 2.05) is 12.1 Å². The molecule has 0 atom stereocenters. The molecule has 3 aromatic rings. The van der Waals surface area contributed by atoms with Crippen LogP contribution in [0.3, 0.4) is 0 Å². The fourth-order valence-electron chi connectivity index (χ4n) is 3.48. The van der Waals surface area contributed by atoms with Crippen LogP contribution in [0, 0.1) is 0 Å². The molecule has 0 radical (unpaired) electrons. The Bertz CT molecular complexity index is 1150. The van der Waals surface area contributed by atoms with Crippen LogP contribution in [0.2, 0.25) is 5.02 Å². The number of piperidine rings is 1. The molecule has 2 aromatic carbocycles. The number of carbonyl (C=O) groups is 1. The van der Waals surface area contributed by atoms with Crippen molar-refractivity contribution in [2.75, 3.05) is 13.1 Å². The second-order valence-electron chi connectivity index (χ2n) is 7.22. The van der Waals surface area contributed by atoms with Crippen LogP contribution in [0.25, 0.3) is 11.5 Å². The molecule has 7 nitrogen and oxygen atoms in total. The molecule has 0 spiro atoms. The lowest BCUT2D eigenvalue weighted by Gasteiger charge is -2.29. The summed E-state index contributed by atoms with van der Waals surface area (Å²) in [5.74, 6) is 0.935. The van der Waals surface area contributed by atoms with Crippen molar-refractivity contribution in [1.29, 1.82) is 0 Å². The molecule has 156 valence electrons. The zero-order valence-corrected chi connectivity index (χ0v) is 17.9. The van der Waals surface area contributed by atoms with Crippen LogP contribution in [-0.4, -0.2) is 41.7 Å². The number of rotatable bonds is 5.